The lowest BCUT2D eigenvalue weighted by Gasteiger charge is -2.55. The predicted octanol–water partition coefficient (Wildman–Crippen LogP) is 3.65. The first-order chi connectivity index (χ1) is 7.62. The third-order valence-corrected chi connectivity index (χ3v) is 5.54. The number of allylic oxidation sites excluding steroid dienone is 1. The van der Waals surface area contributed by atoms with Crippen LogP contribution in [0.15, 0.2) is 11.6 Å². The quantitative estimate of drug-likeness (QED) is 0.613. The van der Waals surface area contributed by atoms with Gasteiger partial charge in [-0.2, -0.15) is 0 Å². The van der Waals surface area contributed by atoms with Crippen molar-refractivity contribution < 1.29 is 4.74 Å². The van der Waals surface area contributed by atoms with Crippen LogP contribution in [0.5, 0.6) is 0 Å². The summed E-state index contributed by atoms with van der Waals surface area (Å²) in [6, 6.07) is 0. The van der Waals surface area contributed by atoms with E-state index in [9.17, 15) is 0 Å². The summed E-state index contributed by atoms with van der Waals surface area (Å²) in [7, 11) is 0. The fraction of sp³-hybridized carbons (Fsp3) is 0.867. The molecule has 2 aliphatic heterocycles. The van der Waals surface area contributed by atoms with E-state index in [1.165, 1.54) is 19.3 Å². The van der Waals surface area contributed by atoms with Crippen LogP contribution >= 0.6 is 0 Å². The van der Waals surface area contributed by atoms with E-state index < -0.39 is 0 Å². The van der Waals surface area contributed by atoms with Gasteiger partial charge in [0.2, 0.25) is 0 Å². The number of hydrogen-bond donors (Lipinski definition) is 0. The molecule has 0 N–H and O–H groups in total. The Morgan fingerprint density at radius 2 is 2.12 bits per heavy atom. The fourth-order valence-electron chi connectivity index (χ4n) is 4.57. The second kappa shape index (κ2) is 3.60. The highest BCUT2D eigenvalue weighted by atomic mass is 16.5. The van der Waals surface area contributed by atoms with Gasteiger partial charge in [0.05, 0.1) is 6.61 Å². The second-order valence-electron chi connectivity index (χ2n) is 6.63. The molecule has 4 aliphatic rings. The van der Waals surface area contributed by atoms with Gasteiger partial charge < -0.3 is 4.74 Å². The standard InChI is InChI=1S/C15H24O/c1-10(2)15-6-12-4-14(11(15)3)5-13(7-15)9-16-8-12/h4,10-13H,5-9H2,1-3H3. The zero-order chi connectivity index (χ0) is 11.3. The summed E-state index contributed by atoms with van der Waals surface area (Å²) in [6.07, 6.45) is 6.63. The molecule has 0 aromatic rings. The van der Waals surface area contributed by atoms with E-state index in [0.717, 1.165) is 31.0 Å². The lowest BCUT2D eigenvalue weighted by Crippen LogP contribution is -2.48. The van der Waals surface area contributed by atoms with Crippen LogP contribution in [0.25, 0.3) is 0 Å². The lowest BCUT2D eigenvalue weighted by atomic mass is 9.51. The third kappa shape index (κ3) is 1.40. The van der Waals surface area contributed by atoms with Gasteiger partial charge in [-0.3, -0.25) is 0 Å². The molecule has 1 heteroatoms. The summed E-state index contributed by atoms with van der Waals surface area (Å²) in [5, 5.41) is 0. The lowest BCUT2D eigenvalue weighted by molar-refractivity contribution is -0.0510. The average molecular weight is 220 g/mol. The van der Waals surface area contributed by atoms with Crippen molar-refractivity contribution in [1.82, 2.24) is 0 Å². The van der Waals surface area contributed by atoms with Crippen molar-refractivity contribution in [3.8, 4) is 0 Å². The summed E-state index contributed by atoms with van der Waals surface area (Å²) < 4.78 is 5.83. The normalized spacial score (nSPS) is 46.8. The first-order valence-corrected chi connectivity index (χ1v) is 6.90. The number of rotatable bonds is 1. The van der Waals surface area contributed by atoms with E-state index in [2.05, 4.69) is 26.8 Å². The molecular weight excluding hydrogens is 196 g/mol. The van der Waals surface area contributed by atoms with Gasteiger partial charge in [0.25, 0.3) is 0 Å². The fourth-order valence-corrected chi connectivity index (χ4v) is 4.57. The molecule has 4 rings (SSSR count). The molecule has 2 fully saturated rings. The molecule has 2 aliphatic carbocycles. The van der Waals surface area contributed by atoms with Gasteiger partial charge in [0.15, 0.2) is 0 Å². The largest absolute Gasteiger partial charge is 0.381 e. The minimum atomic E-state index is 0.585. The molecule has 2 heterocycles. The van der Waals surface area contributed by atoms with E-state index >= 15 is 0 Å². The Bertz CT molecular complexity index is 317. The Hall–Kier alpha value is -0.300. The molecule has 0 radical (unpaired) electrons. The molecule has 0 spiro atoms. The number of hydrogen-bond acceptors (Lipinski definition) is 1. The molecule has 4 atom stereocenters. The first-order valence-electron chi connectivity index (χ1n) is 6.90. The Labute approximate surface area is 99.3 Å². The van der Waals surface area contributed by atoms with Crippen LogP contribution in [0.4, 0.5) is 0 Å². The molecule has 4 bridgehead atoms. The third-order valence-electron chi connectivity index (χ3n) is 5.54. The van der Waals surface area contributed by atoms with E-state index in [0.29, 0.717) is 11.3 Å². The highest BCUT2D eigenvalue weighted by molar-refractivity contribution is 5.22. The molecule has 1 saturated carbocycles. The number of ether oxygens (including phenoxy) is 1. The molecule has 0 amide bonds. The van der Waals surface area contributed by atoms with Crippen LogP contribution in [-0.2, 0) is 4.74 Å². The maximum atomic E-state index is 5.83. The zero-order valence-electron chi connectivity index (χ0n) is 10.8. The Morgan fingerprint density at radius 1 is 1.31 bits per heavy atom. The highest BCUT2D eigenvalue weighted by Gasteiger charge is 2.50. The summed E-state index contributed by atoms with van der Waals surface area (Å²) in [6.45, 7) is 9.32. The zero-order valence-corrected chi connectivity index (χ0v) is 10.8. The van der Waals surface area contributed by atoms with Gasteiger partial charge in [-0.1, -0.05) is 32.4 Å². The predicted molar refractivity (Wildman–Crippen MR) is 66.2 cm³/mol. The molecule has 4 unspecified atom stereocenters. The van der Waals surface area contributed by atoms with Crippen LogP contribution in [0.1, 0.15) is 40.0 Å². The monoisotopic (exact) mass is 220 g/mol. The molecular formula is C15H24O. The maximum absolute atomic E-state index is 5.83. The van der Waals surface area contributed by atoms with E-state index in [-0.39, 0.29) is 0 Å². The maximum Gasteiger partial charge on any atom is 0.0529 e. The minimum Gasteiger partial charge on any atom is -0.381 e. The van der Waals surface area contributed by atoms with Crippen LogP contribution in [0, 0.1) is 29.1 Å². The first kappa shape index (κ1) is 10.8. The van der Waals surface area contributed by atoms with Crippen molar-refractivity contribution in [2.24, 2.45) is 29.1 Å². The van der Waals surface area contributed by atoms with Gasteiger partial charge in [-0.15, -0.1) is 0 Å². The van der Waals surface area contributed by atoms with E-state index in [1.54, 1.807) is 5.57 Å². The van der Waals surface area contributed by atoms with Gasteiger partial charge in [-0.05, 0) is 42.4 Å². The summed E-state index contributed by atoms with van der Waals surface area (Å²) in [5.74, 6) is 3.13. The smallest absolute Gasteiger partial charge is 0.0529 e. The van der Waals surface area contributed by atoms with Gasteiger partial charge in [0, 0.05) is 12.5 Å². The van der Waals surface area contributed by atoms with Gasteiger partial charge >= 0.3 is 0 Å². The molecule has 90 valence electrons. The number of fused-ring (bicyclic) bond motifs is 2. The van der Waals surface area contributed by atoms with Crippen LogP contribution < -0.4 is 0 Å². The van der Waals surface area contributed by atoms with E-state index in [1.807, 2.05) is 0 Å². The van der Waals surface area contributed by atoms with E-state index in [4.69, 9.17) is 4.74 Å². The SMILES string of the molecule is CC(C)C12CC3C=C(CC(COC3)C1)C2C. The Morgan fingerprint density at radius 3 is 2.88 bits per heavy atom. The Kier molecular flexibility index (Phi) is 2.43. The van der Waals surface area contributed by atoms with Crippen LogP contribution in [0.2, 0.25) is 0 Å². The second-order valence-corrected chi connectivity index (χ2v) is 6.63. The molecule has 0 aromatic carbocycles. The van der Waals surface area contributed by atoms with Gasteiger partial charge in [0.1, 0.15) is 0 Å². The minimum absolute atomic E-state index is 0.585. The average Bonchev–Trinajstić information content (AvgIpc) is 2.13. The van der Waals surface area contributed by atoms with Crippen molar-refractivity contribution in [3.63, 3.8) is 0 Å². The van der Waals surface area contributed by atoms with Crippen molar-refractivity contribution in [1.29, 1.82) is 0 Å². The summed E-state index contributed by atoms with van der Waals surface area (Å²) in [4.78, 5) is 0. The summed E-state index contributed by atoms with van der Waals surface area (Å²) >= 11 is 0. The molecule has 1 nitrogen and oxygen atoms in total. The van der Waals surface area contributed by atoms with Crippen LogP contribution in [0.3, 0.4) is 0 Å². The van der Waals surface area contributed by atoms with Crippen LogP contribution in [-0.4, -0.2) is 13.2 Å². The Balaban J connectivity index is 2.04. The molecule has 0 aromatic heterocycles. The molecule has 1 saturated heterocycles. The van der Waals surface area contributed by atoms with Crippen molar-refractivity contribution in [3.05, 3.63) is 11.6 Å². The highest BCUT2D eigenvalue weighted by Crippen LogP contribution is 2.58. The topological polar surface area (TPSA) is 9.23 Å². The van der Waals surface area contributed by atoms with Crippen molar-refractivity contribution in [2.45, 2.75) is 40.0 Å². The van der Waals surface area contributed by atoms with Crippen molar-refractivity contribution >= 4 is 0 Å². The van der Waals surface area contributed by atoms with Gasteiger partial charge in [-0.25, -0.2) is 0 Å². The molecule has 16 heavy (non-hydrogen) atoms. The summed E-state index contributed by atoms with van der Waals surface area (Å²) in [5.41, 5.74) is 2.34. The van der Waals surface area contributed by atoms with Crippen molar-refractivity contribution in [2.75, 3.05) is 13.2 Å².